The first-order valence-electron chi connectivity index (χ1n) is 5.49. The van der Waals surface area contributed by atoms with Crippen molar-refractivity contribution in [3.05, 3.63) is 32.2 Å². The van der Waals surface area contributed by atoms with Gasteiger partial charge in [0, 0.05) is 20.0 Å². The molecule has 2 rings (SSSR count). The van der Waals surface area contributed by atoms with Crippen molar-refractivity contribution in [3.8, 4) is 6.07 Å². The fourth-order valence-corrected chi connectivity index (χ4v) is 2.34. The van der Waals surface area contributed by atoms with Crippen LogP contribution in [-0.4, -0.2) is 33.0 Å². The molecule has 2 aromatic rings. The minimum Gasteiger partial charge on any atom is -0.411 e. The van der Waals surface area contributed by atoms with Crippen molar-refractivity contribution in [2.75, 3.05) is 0 Å². The summed E-state index contributed by atoms with van der Waals surface area (Å²) in [6, 6.07) is 1.91. The number of rotatable bonds is 3. The van der Waals surface area contributed by atoms with Crippen molar-refractivity contribution in [1.29, 1.82) is 5.26 Å². The Balaban J connectivity index is 0.000000211. The molecule has 0 aliphatic carbocycles. The summed E-state index contributed by atoms with van der Waals surface area (Å²) in [4.78, 5) is 30.0. The summed E-state index contributed by atoms with van der Waals surface area (Å²) in [5, 5.41) is 20.1. The van der Waals surface area contributed by atoms with Gasteiger partial charge in [-0.15, -0.1) is 11.3 Å². The van der Waals surface area contributed by atoms with E-state index in [4.69, 9.17) is 10.5 Å². The van der Waals surface area contributed by atoms with Gasteiger partial charge in [-0.25, -0.2) is 9.97 Å². The minimum atomic E-state index is -0.0912. The molecule has 0 aliphatic heterocycles. The molecule has 2 heterocycles. The molecule has 9 heteroatoms. The third kappa shape index (κ3) is 5.21. The first-order chi connectivity index (χ1) is 9.97. The molecule has 0 aromatic carbocycles. The van der Waals surface area contributed by atoms with Crippen molar-refractivity contribution in [1.82, 2.24) is 9.97 Å². The second-order valence-corrected chi connectivity index (χ2v) is 5.66. The van der Waals surface area contributed by atoms with E-state index in [1.54, 1.807) is 0 Å². The molecule has 21 heavy (non-hydrogen) atoms. The van der Waals surface area contributed by atoms with Crippen LogP contribution in [0.1, 0.15) is 43.2 Å². The second kappa shape index (κ2) is 7.98. The normalized spacial score (nSPS) is 9.76. The molecular formula is C12H10N4O3S2. The van der Waals surface area contributed by atoms with E-state index in [1.807, 2.05) is 6.07 Å². The molecule has 0 saturated carbocycles. The van der Waals surface area contributed by atoms with Gasteiger partial charge in [0.2, 0.25) is 0 Å². The van der Waals surface area contributed by atoms with Crippen LogP contribution in [0.3, 0.4) is 0 Å². The monoisotopic (exact) mass is 322 g/mol. The molecule has 0 radical (unpaired) electrons. The van der Waals surface area contributed by atoms with E-state index in [1.165, 1.54) is 43.8 Å². The van der Waals surface area contributed by atoms with Crippen LogP contribution in [0, 0.1) is 11.3 Å². The zero-order chi connectivity index (χ0) is 15.8. The number of oxime groups is 1. The quantitative estimate of drug-likeness (QED) is 0.401. The molecule has 0 atom stereocenters. The van der Waals surface area contributed by atoms with Crippen LogP contribution in [0.15, 0.2) is 17.5 Å². The highest BCUT2D eigenvalue weighted by Crippen LogP contribution is 2.11. The summed E-state index contributed by atoms with van der Waals surface area (Å²) >= 11 is 2.31. The van der Waals surface area contributed by atoms with E-state index in [9.17, 15) is 9.59 Å². The molecule has 0 unspecified atom stereocenters. The van der Waals surface area contributed by atoms with Gasteiger partial charge in [0.15, 0.2) is 21.6 Å². The van der Waals surface area contributed by atoms with E-state index in [2.05, 4.69) is 15.1 Å². The molecule has 1 N–H and O–H groups in total. The average molecular weight is 322 g/mol. The molecule has 0 aliphatic rings. The Labute approximate surface area is 128 Å². The van der Waals surface area contributed by atoms with E-state index in [0.717, 1.165) is 11.3 Å². The van der Waals surface area contributed by atoms with E-state index < -0.39 is 0 Å². The molecule has 0 bridgehead atoms. The van der Waals surface area contributed by atoms with Crippen LogP contribution in [0.5, 0.6) is 0 Å². The largest absolute Gasteiger partial charge is 0.411 e. The number of aromatic nitrogens is 2. The van der Waals surface area contributed by atoms with Gasteiger partial charge in [-0.3, -0.25) is 9.59 Å². The van der Waals surface area contributed by atoms with Gasteiger partial charge in [0.25, 0.3) is 0 Å². The minimum absolute atomic E-state index is 0.0763. The van der Waals surface area contributed by atoms with Crippen LogP contribution < -0.4 is 0 Å². The van der Waals surface area contributed by atoms with E-state index in [-0.39, 0.29) is 11.6 Å². The molecule has 0 fully saturated rings. The highest BCUT2D eigenvalue weighted by molar-refractivity contribution is 7.15. The van der Waals surface area contributed by atoms with Crippen LogP contribution in [0.2, 0.25) is 0 Å². The molecule has 0 amide bonds. The van der Waals surface area contributed by atoms with Gasteiger partial charge in [-0.05, 0) is 0 Å². The number of carbonyl (C=O) groups excluding carboxylic acids is 2. The lowest BCUT2D eigenvalue weighted by atomic mass is 10.5. The number of nitriles is 1. The number of carbonyl (C=O) groups is 2. The Morgan fingerprint density at radius 1 is 1.24 bits per heavy atom. The van der Waals surface area contributed by atoms with Crippen molar-refractivity contribution < 1.29 is 14.8 Å². The topological polar surface area (TPSA) is 116 Å². The standard InChI is InChI=1S/C6H6N2O2S.C6H4N2OS/c1-4(9)6-7-2-5(11-6)3-8-10;1-4(9)6-8-3-5(2-7)10-6/h2-3,10H,1H3;3H,1H3/b8-3+;. The molecule has 0 spiro atoms. The number of nitrogens with zero attached hydrogens (tertiary/aromatic N) is 4. The maximum atomic E-state index is 10.7. The lowest BCUT2D eigenvalue weighted by molar-refractivity contribution is 0.100. The van der Waals surface area contributed by atoms with E-state index in [0.29, 0.717) is 19.8 Å². The first-order valence-corrected chi connectivity index (χ1v) is 7.12. The predicted molar refractivity (Wildman–Crippen MR) is 78.3 cm³/mol. The van der Waals surface area contributed by atoms with E-state index >= 15 is 0 Å². The number of thiazole rings is 2. The first kappa shape index (κ1) is 16.6. The van der Waals surface area contributed by atoms with Crippen molar-refractivity contribution >= 4 is 40.5 Å². The highest BCUT2D eigenvalue weighted by Gasteiger charge is 2.04. The molecule has 2 aromatic heterocycles. The smallest absolute Gasteiger partial charge is 0.188 e. The van der Waals surface area contributed by atoms with Gasteiger partial charge in [-0.1, -0.05) is 16.5 Å². The Morgan fingerprint density at radius 3 is 2.19 bits per heavy atom. The fourth-order valence-electron chi connectivity index (χ4n) is 1.05. The van der Waals surface area contributed by atoms with Crippen LogP contribution in [0.4, 0.5) is 0 Å². The van der Waals surface area contributed by atoms with Gasteiger partial charge >= 0.3 is 0 Å². The molecule has 0 saturated heterocycles. The average Bonchev–Trinajstić information content (AvgIpc) is 3.08. The number of Topliss-reactive ketones (excluding diaryl/α,β-unsaturated/α-hetero) is 2. The summed E-state index contributed by atoms with van der Waals surface area (Å²) in [6.45, 7) is 2.87. The maximum absolute atomic E-state index is 10.7. The van der Waals surface area contributed by atoms with Gasteiger partial charge in [0.05, 0.1) is 17.3 Å². The Hall–Kier alpha value is -2.44. The Bertz CT molecular complexity index is 712. The third-order valence-electron chi connectivity index (χ3n) is 1.93. The molecule has 7 nitrogen and oxygen atoms in total. The maximum Gasteiger partial charge on any atom is 0.188 e. The summed E-state index contributed by atoms with van der Waals surface area (Å²) in [7, 11) is 0. The van der Waals surface area contributed by atoms with Crippen molar-refractivity contribution in [2.45, 2.75) is 13.8 Å². The highest BCUT2D eigenvalue weighted by atomic mass is 32.1. The van der Waals surface area contributed by atoms with Crippen molar-refractivity contribution in [3.63, 3.8) is 0 Å². The van der Waals surface area contributed by atoms with Crippen LogP contribution >= 0.6 is 22.7 Å². The lowest BCUT2D eigenvalue weighted by Gasteiger charge is -1.79. The summed E-state index contributed by atoms with van der Waals surface area (Å²) in [6.07, 6.45) is 4.13. The predicted octanol–water partition coefficient (Wildman–Crippen LogP) is 2.37. The lowest BCUT2D eigenvalue weighted by Crippen LogP contribution is -1.87. The zero-order valence-electron chi connectivity index (χ0n) is 11.1. The Kier molecular flexibility index (Phi) is 6.32. The van der Waals surface area contributed by atoms with Gasteiger partial charge in [-0.2, -0.15) is 5.26 Å². The van der Waals surface area contributed by atoms with Crippen LogP contribution in [-0.2, 0) is 0 Å². The molecule has 108 valence electrons. The summed E-state index contributed by atoms with van der Waals surface area (Å²) in [5.74, 6) is -0.168. The summed E-state index contributed by atoms with van der Waals surface area (Å²) in [5.41, 5.74) is 0. The van der Waals surface area contributed by atoms with Crippen LogP contribution in [0.25, 0.3) is 0 Å². The number of hydrogen-bond acceptors (Lipinski definition) is 9. The Morgan fingerprint density at radius 2 is 1.81 bits per heavy atom. The SMILES string of the molecule is CC(=O)c1ncc(/C=N/O)s1.CC(=O)c1ncc(C#N)s1. The third-order valence-corrected chi connectivity index (χ3v) is 3.96. The van der Waals surface area contributed by atoms with Gasteiger partial charge < -0.3 is 5.21 Å². The summed E-state index contributed by atoms with van der Waals surface area (Å²) < 4.78 is 0. The van der Waals surface area contributed by atoms with Gasteiger partial charge in [0.1, 0.15) is 10.9 Å². The molecular weight excluding hydrogens is 312 g/mol. The number of hydrogen-bond donors (Lipinski definition) is 1. The zero-order valence-corrected chi connectivity index (χ0v) is 12.7. The fraction of sp³-hybridized carbons (Fsp3) is 0.167. The second-order valence-electron chi connectivity index (χ2n) is 3.57. The number of ketones is 2. The van der Waals surface area contributed by atoms with Crippen molar-refractivity contribution in [2.24, 2.45) is 5.16 Å².